The van der Waals surface area contributed by atoms with Crippen molar-refractivity contribution in [2.45, 2.75) is 116 Å². The van der Waals surface area contributed by atoms with Crippen molar-refractivity contribution in [3.05, 3.63) is 35.5 Å². The standard InChI is InChI=1S/C29H43F3O3/c1-19-10-13-23(35-26(33)29(30,31)32)18-22(19)12-11-21-9-7-17-28(5)24(14-15-25(21)28)20(2)8-6-16-27(3,4)34/h11-12,20,23-25,34H,1,6-10,13-18H2,2-5H3/b21-11+,22-12+. The molecule has 0 saturated heterocycles. The average molecular weight is 497 g/mol. The van der Waals surface area contributed by atoms with Crippen LogP contribution in [0.4, 0.5) is 13.2 Å². The number of carbonyl (C=O) groups is 1. The van der Waals surface area contributed by atoms with Gasteiger partial charge in [0.25, 0.3) is 0 Å². The summed E-state index contributed by atoms with van der Waals surface area (Å²) in [7, 11) is 0. The van der Waals surface area contributed by atoms with Crippen LogP contribution in [0.15, 0.2) is 35.5 Å². The summed E-state index contributed by atoms with van der Waals surface area (Å²) in [5, 5.41) is 10.1. The molecule has 0 amide bonds. The lowest BCUT2D eigenvalue weighted by Crippen LogP contribution is -2.36. The lowest BCUT2D eigenvalue weighted by Gasteiger charge is -2.44. The fourth-order valence-electron chi connectivity index (χ4n) is 6.97. The largest absolute Gasteiger partial charge is 0.490 e. The van der Waals surface area contributed by atoms with E-state index in [4.69, 9.17) is 4.74 Å². The Hall–Kier alpha value is -1.56. The quantitative estimate of drug-likeness (QED) is 0.365. The maximum absolute atomic E-state index is 12.6. The molecule has 3 aliphatic rings. The monoisotopic (exact) mass is 496 g/mol. The summed E-state index contributed by atoms with van der Waals surface area (Å²) in [5.41, 5.74) is 2.92. The van der Waals surface area contributed by atoms with E-state index < -0.39 is 23.9 Å². The van der Waals surface area contributed by atoms with E-state index in [2.05, 4.69) is 26.5 Å². The van der Waals surface area contributed by atoms with Crippen LogP contribution in [0.2, 0.25) is 0 Å². The Labute approximate surface area is 208 Å². The van der Waals surface area contributed by atoms with E-state index in [1.165, 1.54) is 24.8 Å². The van der Waals surface area contributed by atoms with Crippen LogP contribution in [0.3, 0.4) is 0 Å². The minimum Gasteiger partial charge on any atom is -0.455 e. The first-order valence-corrected chi connectivity index (χ1v) is 13.3. The van der Waals surface area contributed by atoms with Gasteiger partial charge in [-0.3, -0.25) is 0 Å². The molecule has 5 atom stereocenters. The number of aliphatic hydroxyl groups is 1. The van der Waals surface area contributed by atoms with E-state index in [-0.39, 0.29) is 11.8 Å². The molecule has 0 bridgehead atoms. The third kappa shape index (κ3) is 7.02. The van der Waals surface area contributed by atoms with E-state index in [1.54, 1.807) is 0 Å². The third-order valence-electron chi connectivity index (χ3n) is 8.85. The normalized spacial score (nSPS) is 33.1. The Bertz CT molecular complexity index is 848. The van der Waals surface area contributed by atoms with Crippen molar-refractivity contribution in [3.8, 4) is 0 Å². The first kappa shape index (κ1) is 28.0. The zero-order valence-electron chi connectivity index (χ0n) is 21.8. The maximum atomic E-state index is 12.6. The van der Waals surface area contributed by atoms with Crippen LogP contribution in [-0.4, -0.2) is 29.0 Å². The predicted octanol–water partition coefficient (Wildman–Crippen LogP) is 7.85. The number of ether oxygens (including phenoxy) is 1. The van der Waals surface area contributed by atoms with E-state index in [9.17, 15) is 23.1 Å². The molecule has 3 saturated carbocycles. The molecule has 3 fully saturated rings. The van der Waals surface area contributed by atoms with E-state index >= 15 is 0 Å². The molecule has 0 radical (unpaired) electrons. The van der Waals surface area contributed by atoms with Gasteiger partial charge in [0.15, 0.2) is 0 Å². The van der Waals surface area contributed by atoms with Gasteiger partial charge in [-0.2, -0.15) is 13.2 Å². The molecule has 198 valence electrons. The van der Waals surface area contributed by atoms with E-state index in [0.29, 0.717) is 30.6 Å². The molecule has 0 aromatic rings. The Kier molecular flexibility index (Phi) is 8.66. The van der Waals surface area contributed by atoms with Gasteiger partial charge in [0.05, 0.1) is 5.60 Å². The highest BCUT2D eigenvalue weighted by Gasteiger charge is 2.50. The molecular formula is C29H43F3O3. The van der Waals surface area contributed by atoms with Gasteiger partial charge < -0.3 is 9.84 Å². The molecule has 1 N–H and O–H groups in total. The second kappa shape index (κ2) is 10.8. The van der Waals surface area contributed by atoms with E-state index in [1.807, 2.05) is 19.9 Å². The summed E-state index contributed by atoms with van der Waals surface area (Å²) in [5.74, 6) is -0.288. The lowest BCUT2D eigenvalue weighted by molar-refractivity contribution is -0.205. The number of rotatable bonds is 7. The van der Waals surface area contributed by atoms with Gasteiger partial charge >= 0.3 is 12.1 Å². The molecule has 5 unspecified atom stereocenters. The minimum atomic E-state index is -4.96. The molecule has 3 aliphatic carbocycles. The van der Waals surface area contributed by atoms with E-state index in [0.717, 1.165) is 43.3 Å². The predicted molar refractivity (Wildman–Crippen MR) is 133 cm³/mol. The highest BCUT2D eigenvalue weighted by atomic mass is 19.4. The number of allylic oxidation sites excluding steroid dienone is 4. The highest BCUT2D eigenvalue weighted by molar-refractivity contribution is 5.75. The van der Waals surface area contributed by atoms with Crippen LogP contribution in [-0.2, 0) is 9.53 Å². The maximum Gasteiger partial charge on any atom is 0.490 e. The molecular weight excluding hydrogens is 453 g/mol. The Balaban J connectivity index is 1.68. The van der Waals surface area contributed by atoms with Crippen molar-refractivity contribution in [3.63, 3.8) is 0 Å². The van der Waals surface area contributed by atoms with Crippen LogP contribution < -0.4 is 0 Å². The zero-order valence-corrected chi connectivity index (χ0v) is 21.8. The molecule has 0 aromatic heterocycles. The van der Waals surface area contributed by atoms with Crippen molar-refractivity contribution < 1.29 is 27.8 Å². The van der Waals surface area contributed by atoms with Crippen molar-refractivity contribution >= 4 is 5.97 Å². The SMILES string of the molecule is C=C1CCC(OC(=O)C(F)(F)F)C/C1=C\C=C1/CCCC2(C)C1CCC2C(C)CCCC(C)(C)O. The Morgan fingerprint density at radius 1 is 1.23 bits per heavy atom. The number of carbonyl (C=O) groups excluding carboxylic acids is 1. The molecule has 0 aromatic carbocycles. The molecule has 3 rings (SSSR count). The van der Waals surface area contributed by atoms with Gasteiger partial charge in [-0.1, -0.05) is 56.6 Å². The number of hydrogen-bond donors (Lipinski definition) is 1. The summed E-state index contributed by atoms with van der Waals surface area (Å²) in [6, 6.07) is 0. The fraction of sp³-hybridized carbons (Fsp3) is 0.759. The van der Waals surface area contributed by atoms with Gasteiger partial charge in [-0.05, 0) is 94.0 Å². The van der Waals surface area contributed by atoms with Gasteiger partial charge in [-0.15, -0.1) is 0 Å². The summed E-state index contributed by atoms with van der Waals surface area (Å²) in [4.78, 5) is 11.3. The van der Waals surface area contributed by atoms with Gasteiger partial charge in [0, 0.05) is 6.42 Å². The zero-order chi connectivity index (χ0) is 26.0. The van der Waals surface area contributed by atoms with Crippen LogP contribution in [0.1, 0.15) is 98.3 Å². The van der Waals surface area contributed by atoms with Crippen molar-refractivity contribution in [2.24, 2.45) is 23.2 Å². The van der Waals surface area contributed by atoms with Gasteiger partial charge in [0.1, 0.15) is 6.10 Å². The first-order chi connectivity index (χ1) is 16.2. The number of alkyl halides is 3. The Morgan fingerprint density at radius 3 is 2.60 bits per heavy atom. The first-order valence-electron chi connectivity index (χ1n) is 13.3. The molecule has 3 nitrogen and oxygen atoms in total. The molecule has 35 heavy (non-hydrogen) atoms. The van der Waals surface area contributed by atoms with Crippen LogP contribution in [0.5, 0.6) is 0 Å². The lowest BCUT2D eigenvalue weighted by atomic mass is 9.60. The van der Waals surface area contributed by atoms with Crippen molar-refractivity contribution in [1.29, 1.82) is 0 Å². The number of fused-ring (bicyclic) bond motifs is 1. The number of halogens is 3. The summed E-state index contributed by atoms with van der Waals surface area (Å²) in [6.45, 7) is 12.7. The number of esters is 1. The Morgan fingerprint density at radius 2 is 1.94 bits per heavy atom. The topological polar surface area (TPSA) is 46.5 Å². The van der Waals surface area contributed by atoms with Crippen molar-refractivity contribution in [1.82, 2.24) is 0 Å². The smallest absolute Gasteiger partial charge is 0.455 e. The highest BCUT2D eigenvalue weighted by Crippen LogP contribution is 2.60. The summed E-state index contributed by atoms with van der Waals surface area (Å²) < 4.78 is 42.6. The third-order valence-corrected chi connectivity index (χ3v) is 8.85. The molecule has 0 heterocycles. The average Bonchev–Trinajstić information content (AvgIpc) is 3.10. The van der Waals surface area contributed by atoms with Crippen molar-refractivity contribution in [2.75, 3.05) is 0 Å². The second-order valence-corrected chi connectivity index (χ2v) is 12.1. The second-order valence-electron chi connectivity index (χ2n) is 12.1. The fourth-order valence-corrected chi connectivity index (χ4v) is 6.97. The minimum absolute atomic E-state index is 0.269. The van der Waals surface area contributed by atoms with Gasteiger partial charge in [-0.25, -0.2) is 4.79 Å². The molecule has 0 spiro atoms. The summed E-state index contributed by atoms with van der Waals surface area (Å²) in [6.07, 6.45) is 8.55. The molecule has 6 heteroatoms. The molecule has 0 aliphatic heterocycles. The van der Waals surface area contributed by atoms with Crippen LogP contribution >= 0.6 is 0 Å². The van der Waals surface area contributed by atoms with Gasteiger partial charge in [0.2, 0.25) is 0 Å². The number of hydrogen-bond acceptors (Lipinski definition) is 3. The van der Waals surface area contributed by atoms with Crippen LogP contribution in [0, 0.1) is 23.2 Å². The van der Waals surface area contributed by atoms with Crippen LogP contribution in [0.25, 0.3) is 0 Å². The summed E-state index contributed by atoms with van der Waals surface area (Å²) >= 11 is 0.